The maximum absolute atomic E-state index is 12.6. The monoisotopic (exact) mass is 454 g/mol. The van der Waals surface area contributed by atoms with Gasteiger partial charge in [-0.25, -0.2) is 4.79 Å². The average molecular weight is 455 g/mol. The zero-order valence-electron chi connectivity index (χ0n) is 19.5. The van der Waals surface area contributed by atoms with Gasteiger partial charge < -0.3 is 25.6 Å². The topological polar surface area (TPSA) is 108 Å². The van der Waals surface area contributed by atoms with Crippen molar-refractivity contribution in [1.82, 2.24) is 10.6 Å². The second-order valence-electron chi connectivity index (χ2n) is 8.33. The van der Waals surface area contributed by atoms with Crippen LogP contribution in [0.25, 0.3) is 0 Å². The highest BCUT2D eigenvalue weighted by molar-refractivity contribution is 5.94. The van der Waals surface area contributed by atoms with Gasteiger partial charge in [-0.1, -0.05) is 62.4 Å². The predicted octanol–water partition coefficient (Wildman–Crippen LogP) is 2.93. The molecule has 2 aromatic carbocycles. The van der Waals surface area contributed by atoms with Gasteiger partial charge in [-0.2, -0.15) is 0 Å². The molecule has 4 N–H and O–H groups in total. The first-order chi connectivity index (χ1) is 15.8. The van der Waals surface area contributed by atoms with Crippen LogP contribution in [-0.2, 0) is 22.6 Å². The van der Waals surface area contributed by atoms with Crippen LogP contribution in [-0.4, -0.2) is 47.9 Å². The molecule has 0 saturated heterocycles. The van der Waals surface area contributed by atoms with Gasteiger partial charge in [0.1, 0.15) is 5.75 Å². The summed E-state index contributed by atoms with van der Waals surface area (Å²) in [5.74, 6) is -0.779. The minimum absolute atomic E-state index is 0.00965. The van der Waals surface area contributed by atoms with Gasteiger partial charge in [-0.05, 0) is 35.6 Å². The summed E-state index contributed by atoms with van der Waals surface area (Å²) in [6.07, 6.45) is 0.871. The van der Waals surface area contributed by atoms with Crippen LogP contribution >= 0.6 is 0 Å². The molecular weight excluding hydrogens is 420 g/mol. The van der Waals surface area contributed by atoms with E-state index in [0.29, 0.717) is 13.0 Å². The summed E-state index contributed by atoms with van der Waals surface area (Å²) >= 11 is 0. The van der Waals surface area contributed by atoms with Crippen molar-refractivity contribution in [3.05, 3.63) is 77.4 Å². The van der Waals surface area contributed by atoms with E-state index in [-0.39, 0.29) is 24.5 Å². The van der Waals surface area contributed by atoms with E-state index in [1.165, 1.54) is 0 Å². The van der Waals surface area contributed by atoms with E-state index in [0.717, 1.165) is 16.9 Å². The number of ether oxygens (including phenoxy) is 1. The fraction of sp³-hybridized carbons (Fsp3) is 0.385. The third-order valence-electron chi connectivity index (χ3n) is 5.09. The Morgan fingerprint density at radius 3 is 2.39 bits per heavy atom. The summed E-state index contributed by atoms with van der Waals surface area (Å²) in [5, 5.41) is 26.3. The zero-order chi connectivity index (χ0) is 24.2. The number of allylic oxidation sites excluding steroid dienone is 1. The lowest BCUT2D eigenvalue weighted by Gasteiger charge is -2.25. The number of hydrogen-bond acceptors (Lipinski definition) is 5. The number of aliphatic hydroxyl groups is 1. The molecular formula is C26H34N2O5. The number of amides is 1. The van der Waals surface area contributed by atoms with E-state index >= 15 is 0 Å². The van der Waals surface area contributed by atoms with Gasteiger partial charge in [-0.15, -0.1) is 0 Å². The molecule has 0 heterocycles. The second-order valence-corrected chi connectivity index (χ2v) is 8.33. The maximum Gasteiger partial charge on any atom is 0.331 e. The first-order valence-electron chi connectivity index (χ1n) is 11.1. The summed E-state index contributed by atoms with van der Waals surface area (Å²) in [5.41, 5.74) is 2.02. The highest BCUT2D eigenvalue weighted by Gasteiger charge is 2.23. The Kier molecular flexibility index (Phi) is 10.6. The molecule has 0 aliphatic rings. The van der Waals surface area contributed by atoms with E-state index < -0.39 is 24.0 Å². The predicted molar refractivity (Wildman–Crippen MR) is 128 cm³/mol. The lowest BCUT2D eigenvalue weighted by molar-refractivity contribution is -0.134. The van der Waals surface area contributed by atoms with Crippen LogP contribution in [0.3, 0.4) is 0 Å². The lowest BCUT2D eigenvalue weighted by atomic mass is 10.00. The van der Waals surface area contributed by atoms with Crippen molar-refractivity contribution in [2.45, 2.75) is 45.4 Å². The number of methoxy groups -OCH3 is 1. The Bertz CT molecular complexity index is 927. The average Bonchev–Trinajstić information content (AvgIpc) is 2.78. The Balaban J connectivity index is 2.04. The Morgan fingerprint density at radius 2 is 1.76 bits per heavy atom. The largest absolute Gasteiger partial charge is 0.497 e. The number of nitrogens with one attached hydrogen (secondary N) is 2. The SMILES string of the molecule is COc1cccc(CNC[C@H](O)[C@H](Cc2ccccc2)NC(=O)C/C(=C\C(C)C)C(=O)O)c1. The molecule has 2 rings (SSSR count). The minimum Gasteiger partial charge on any atom is -0.497 e. The summed E-state index contributed by atoms with van der Waals surface area (Å²) in [6, 6.07) is 16.6. The number of carboxylic acids is 1. The van der Waals surface area contributed by atoms with E-state index in [4.69, 9.17) is 4.74 Å². The third-order valence-corrected chi connectivity index (χ3v) is 5.09. The second kappa shape index (κ2) is 13.4. The molecule has 0 aliphatic heterocycles. The molecule has 7 nitrogen and oxygen atoms in total. The van der Waals surface area contributed by atoms with Crippen LogP contribution in [0.1, 0.15) is 31.4 Å². The van der Waals surface area contributed by atoms with Crippen molar-refractivity contribution in [1.29, 1.82) is 0 Å². The van der Waals surface area contributed by atoms with E-state index in [1.54, 1.807) is 13.2 Å². The standard InChI is InChI=1S/C26H34N2O5/c1-18(2)12-21(26(31)32)15-25(30)28-23(14-19-8-5-4-6-9-19)24(29)17-27-16-20-10-7-11-22(13-20)33-3/h4-13,18,23-24,27,29H,14-17H2,1-3H3,(H,28,30)(H,31,32)/b21-12+/t23-,24-/m0/s1. The number of hydrogen-bond donors (Lipinski definition) is 4. The molecule has 0 unspecified atom stereocenters. The smallest absolute Gasteiger partial charge is 0.331 e. The van der Waals surface area contributed by atoms with Gasteiger partial charge in [0.05, 0.1) is 25.7 Å². The van der Waals surface area contributed by atoms with Crippen LogP contribution in [0.15, 0.2) is 66.2 Å². The highest BCUT2D eigenvalue weighted by atomic mass is 16.5. The molecule has 0 saturated carbocycles. The molecule has 33 heavy (non-hydrogen) atoms. The lowest BCUT2D eigenvalue weighted by Crippen LogP contribution is -2.48. The Hall–Kier alpha value is -3.16. The highest BCUT2D eigenvalue weighted by Crippen LogP contribution is 2.13. The number of carbonyl (C=O) groups excluding carboxylic acids is 1. The van der Waals surface area contributed by atoms with Crippen molar-refractivity contribution in [2.75, 3.05) is 13.7 Å². The quantitative estimate of drug-likeness (QED) is 0.347. The van der Waals surface area contributed by atoms with Gasteiger partial charge in [0.25, 0.3) is 0 Å². The fourth-order valence-electron chi connectivity index (χ4n) is 3.48. The molecule has 0 spiro atoms. The first kappa shape index (κ1) is 26.1. The molecule has 7 heteroatoms. The molecule has 0 aromatic heterocycles. The molecule has 0 aliphatic carbocycles. The van der Waals surface area contributed by atoms with Crippen LogP contribution in [0.5, 0.6) is 5.75 Å². The van der Waals surface area contributed by atoms with Crippen LogP contribution in [0, 0.1) is 5.92 Å². The Labute approximate surface area is 195 Å². The maximum atomic E-state index is 12.6. The molecule has 2 aromatic rings. The third kappa shape index (κ3) is 9.47. The Morgan fingerprint density at radius 1 is 1.06 bits per heavy atom. The van der Waals surface area contributed by atoms with Crippen molar-refractivity contribution in [3.8, 4) is 5.75 Å². The molecule has 2 atom stereocenters. The van der Waals surface area contributed by atoms with Gasteiger partial charge in [0.15, 0.2) is 0 Å². The summed E-state index contributed by atoms with van der Waals surface area (Å²) in [4.78, 5) is 24.1. The minimum atomic E-state index is -1.11. The molecule has 1 amide bonds. The zero-order valence-corrected chi connectivity index (χ0v) is 19.5. The van der Waals surface area contributed by atoms with Crippen molar-refractivity contribution >= 4 is 11.9 Å². The van der Waals surface area contributed by atoms with Crippen molar-refractivity contribution < 1.29 is 24.5 Å². The van der Waals surface area contributed by atoms with Crippen LogP contribution < -0.4 is 15.4 Å². The van der Waals surface area contributed by atoms with Gasteiger partial charge in [-0.3, -0.25) is 4.79 Å². The van der Waals surface area contributed by atoms with E-state index in [2.05, 4.69) is 10.6 Å². The number of carbonyl (C=O) groups is 2. The van der Waals surface area contributed by atoms with Gasteiger partial charge in [0.2, 0.25) is 5.91 Å². The van der Waals surface area contributed by atoms with Crippen LogP contribution in [0.4, 0.5) is 0 Å². The van der Waals surface area contributed by atoms with E-state index in [1.807, 2.05) is 68.4 Å². The summed E-state index contributed by atoms with van der Waals surface area (Å²) in [6.45, 7) is 4.50. The first-order valence-corrected chi connectivity index (χ1v) is 11.1. The number of benzene rings is 2. The van der Waals surface area contributed by atoms with Gasteiger partial charge >= 0.3 is 5.97 Å². The van der Waals surface area contributed by atoms with Crippen LogP contribution in [0.2, 0.25) is 0 Å². The fourth-order valence-corrected chi connectivity index (χ4v) is 3.48. The van der Waals surface area contributed by atoms with Crippen molar-refractivity contribution in [2.24, 2.45) is 5.92 Å². The number of rotatable bonds is 13. The molecule has 0 radical (unpaired) electrons. The number of aliphatic hydroxyl groups excluding tert-OH is 1. The normalized spacial score (nSPS) is 13.4. The number of carboxylic acid groups (broad SMARTS) is 1. The van der Waals surface area contributed by atoms with E-state index in [9.17, 15) is 19.8 Å². The molecule has 178 valence electrons. The summed E-state index contributed by atoms with van der Waals surface area (Å²) in [7, 11) is 1.61. The summed E-state index contributed by atoms with van der Waals surface area (Å²) < 4.78 is 5.23. The molecule has 0 fully saturated rings. The number of aliphatic carboxylic acids is 1. The van der Waals surface area contributed by atoms with Gasteiger partial charge in [0, 0.05) is 18.7 Å². The molecule has 0 bridgehead atoms. The van der Waals surface area contributed by atoms with Crippen molar-refractivity contribution in [3.63, 3.8) is 0 Å².